The van der Waals surface area contributed by atoms with Crippen LogP contribution in [0, 0.1) is 22.7 Å². The molecule has 0 fully saturated rings. The minimum Gasteiger partial charge on any atom is -0.370 e. The van der Waals surface area contributed by atoms with Gasteiger partial charge in [-0.3, -0.25) is 0 Å². The molecule has 0 amide bonds. The number of hydrogen-bond acceptors (Lipinski definition) is 3. The molecule has 3 nitrogen and oxygen atoms in total. The lowest BCUT2D eigenvalue weighted by Gasteiger charge is -2.44. The first kappa shape index (κ1) is 20.1. The van der Waals surface area contributed by atoms with Crippen LogP contribution in [0.5, 0.6) is 0 Å². The zero-order valence-corrected chi connectivity index (χ0v) is 18.6. The van der Waals surface area contributed by atoms with Crippen molar-refractivity contribution in [3.05, 3.63) is 82.4 Å². The van der Waals surface area contributed by atoms with E-state index < -0.39 is 0 Å². The second-order valence-electron chi connectivity index (χ2n) is 9.43. The van der Waals surface area contributed by atoms with E-state index in [0.717, 1.165) is 47.8 Å². The fourth-order valence-electron chi connectivity index (χ4n) is 5.09. The Labute approximate surface area is 189 Å². The van der Waals surface area contributed by atoms with Crippen molar-refractivity contribution in [3.8, 4) is 12.1 Å². The quantitative estimate of drug-likeness (QED) is 0.440. The second kappa shape index (κ2) is 7.40. The van der Waals surface area contributed by atoms with E-state index in [4.69, 9.17) is 0 Å². The van der Waals surface area contributed by atoms with Gasteiger partial charge in [0.2, 0.25) is 0 Å². The van der Waals surface area contributed by atoms with E-state index in [1.54, 1.807) is 6.07 Å². The lowest BCUT2D eigenvalue weighted by molar-refractivity contribution is 0.452. The van der Waals surface area contributed by atoms with E-state index in [-0.39, 0.29) is 5.41 Å². The van der Waals surface area contributed by atoms with Gasteiger partial charge in [-0.1, -0.05) is 56.8 Å². The molecule has 32 heavy (non-hydrogen) atoms. The Hall–Kier alpha value is -3.82. The Balaban J connectivity index is 1.63. The highest BCUT2D eigenvalue weighted by Gasteiger charge is 2.35. The van der Waals surface area contributed by atoms with Gasteiger partial charge < -0.3 is 4.90 Å². The molecule has 3 aromatic rings. The third-order valence-corrected chi connectivity index (χ3v) is 7.03. The molecular formula is C29H25N3. The van der Waals surface area contributed by atoms with Crippen LogP contribution < -0.4 is 4.90 Å². The summed E-state index contributed by atoms with van der Waals surface area (Å²) in [5.74, 6) is 0. The smallest absolute Gasteiger partial charge is 0.100 e. The highest BCUT2D eigenvalue weighted by Crippen LogP contribution is 2.47. The average Bonchev–Trinajstić information content (AvgIpc) is 2.80. The van der Waals surface area contributed by atoms with Gasteiger partial charge >= 0.3 is 0 Å². The average molecular weight is 416 g/mol. The van der Waals surface area contributed by atoms with E-state index in [9.17, 15) is 10.5 Å². The predicted octanol–water partition coefficient (Wildman–Crippen LogP) is 6.66. The third kappa shape index (κ3) is 3.10. The zero-order valence-electron chi connectivity index (χ0n) is 18.6. The first-order valence-corrected chi connectivity index (χ1v) is 11.1. The van der Waals surface area contributed by atoms with Crippen molar-refractivity contribution >= 4 is 34.2 Å². The van der Waals surface area contributed by atoms with Crippen LogP contribution in [0.2, 0.25) is 0 Å². The standard InChI is InChI=1S/C29H25N3/c1-19-11-13-32-14-12-29(2,3)27-16-20(15-25(19)28(27)32)7-8-21-9-10-23-22(17-30)5-4-6-24(23)26(21)18-31/h4-10,15-16H,1,11-14H2,2-3H3. The van der Waals surface area contributed by atoms with Crippen LogP contribution in [0.4, 0.5) is 5.69 Å². The first-order valence-electron chi connectivity index (χ1n) is 11.1. The Bertz CT molecular complexity index is 1390. The summed E-state index contributed by atoms with van der Waals surface area (Å²) in [7, 11) is 0. The van der Waals surface area contributed by atoms with Gasteiger partial charge in [0.25, 0.3) is 0 Å². The number of nitriles is 2. The van der Waals surface area contributed by atoms with Crippen LogP contribution in [-0.4, -0.2) is 13.1 Å². The van der Waals surface area contributed by atoms with E-state index in [1.807, 2.05) is 30.3 Å². The fourth-order valence-corrected chi connectivity index (χ4v) is 5.09. The normalized spacial score (nSPS) is 16.6. The molecule has 2 heterocycles. The van der Waals surface area contributed by atoms with Crippen LogP contribution in [0.3, 0.4) is 0 Å². The lowest BCUT2D eigenvalue weighted by atomic mass is 9.74. The van der Waals surface area contributed by atoms with E-state index in [2.05, 4.69) is 55.7 Å². The van der Waals surface area contributed by atoms with Gasteiger partial charge in [-0.25, -0.2) is 0 Å². The molecule has 5 rings (SSSR count). The minimum absolute atomic E-state index is 0.122. The number of fused-ring (bicyclic) bond motifs is 1. The molecule has 3 heteroatoms. The highest BCUT2D eigenvalue weighted by molar-refractivity contribution is 5.96. The minimum atomic E-state index is 0.122. The molecule has 2 aliphatic rings. The molecule has 0 aromatic heterocycles. The molecule has 156 valence electrons. The molecule has 3 aromatic carbocycles. The summed E-state index contributed by atoms with van der Waals surface area (Å²) in [4.78, 5) is 2.52. The number of rotatable bonds is 2. The maximum absolute atomic E-state index is 9.87. The lowest BCUT2D eigenvalue weighted by Crippen LogP contribution is -2.40. The van der Waals surface area contributed by atoms with Crippen molar-refractivity contribution in [2.45, 2.75) is 32.1 Å². The van der Waals surface area contributed by atoms with Crippen LogP contribution in [0.15, 0.2) is 49.0 Å². The molecular weight excluding hydrogens is 390 g/mol. The zero-order chi connectivity index (χ0) is 22.5. The maximum atomic E-state index is 9.87. The Morgan fingerprint density at radius 1 is 1.00 bits per heavy atom. The Morgan fingerprint density at radius 2 is 1.84 bits per heavy atom. The van der Waals surface area contributed by atoms with Crippen LogP contribution >= 0.6 is 0 Å². The summed E-state index contributed by atoms with van der Waals surface area (Å²) in [6.45, 7) is 11.2. The van der Waals surface area contributed by atoms with Gasteiger partial charge in [0.15, 0.2) is 0 Å². The molecule has 2 aliphatic heterocycles. The molecule has 0 atom stereocenters. The van der Waals surface area contributed by atoms with Crippen molar-refractivity contribution in [2.75, 3.05) is 18.0 Å². The molecule has 0 saturated heterocycles. The van der Waals surface area contributed by atoms with Crippen molar-refractivity contribution < 1.29 is 0 Å². The molecule has 0 N–H and O–H groups in total. The summed E-state index contributed by atoms with van der Waals surface area (Å²) < 4.78 is 0. The van der Waals surface area contributed by atoms with Crippen LogP contribution in [0.25, 0.3) is 28.5 Å². The molecule has 0 spiro atoms. The SMILES string of the molecule is C=C1CCN2CCC(C)(C)c3cc(C=Cc4ccc5c(C#N)cccc5c4C#N)cc1c32. The van der Waals surface area contributed by atoms with E-state index in [0.29, 0.717) is 11.1 Å². The topological polar surface area (TPSA) is 50.8 Å². The van der Waals surface area contributed by atoms with Crippen molar-refractivity contribution in [2.24, 2.45) is 0 Å². The molecule has 0 unspecified atom stereocenters. The predicted molar refractivity (Wildman–Crippen MR) is 132 cm³/mol. The van der Waals surface area contributed by atoms with Gasteiger partial charge in [-0.2, -0.15) is 10.5 Å². The van der Waals surface area contributed by atoms with Crippen LogP contribution in [0.1, 0.15) is 60.1 Å². The summed E-state index contributed by atoms with van der Waals surface area (Å²) in [5, 5.41) is 20.9. The summed E-state index contributed by atoms with van der Waals surface area (Å²) in [6, 6.07) is 18.5. The number of anilines is 1. The largest absolute Gasteiger partial charge is 0.370 e. The second-order valence-corrected chi connectivity index (χ2v) is 9.43. The van der Waals surface area contributed by atoms with Crippen molar-refractivity contribution in [1.82, 2.24) is 0 Å². The van der Waals surface area contributed by atoms with E-state index in [1.165, 1.54) is 22.4 Å². The van der Waals surface area contributed by atoms with Gasteiger partial charge in [0.05, 0.1) is 17.2 Å². The Morgan fingerprint density at radius 3 is 2.62 bits per heavy atom. The number of nitrogens with zero attached hydrogens (tertiary/aromatic N) is 3. The number of benzene rings is 3. The van der Waals surface area contributed by atoms with Gasteiger partial charge in [-0.15, -0.1) is 0 Å². The number of hydrogen-bond donors (Lipinski definition) is 0. The molecule has 0 radical (unpaired) electrons. The third-order valence-electron chi connectivity index (χ3n) is 7.03. The van der Waals surface area contributed by atoms with E-state index >= 15 is 0 Å². The Kier molecular flexibility index (Phi) is 4.65. The van der Waals surface area contributed by atoms with Gasteiger partial charge in [-0.05, 0) is 58.7 Å². The fraction of sp³-hybridized carbons (Fsp3) is 0.241. The van der Waals surface area contributed by atoms with Crippen molar-refractivity contribution in [1.29, 1.82) is 10.5 Å². The molecule has 0 bridgehead atoms. The summed E-state index contributed by atoms with van der Waals surface area (Å²) in [5.41, 5.74) is 8.53. The van der Waals surface area contributed by atoms with Crippen molar-refractivity contribution in [3.63, 3.8) is 0 Å². The van der Waals surface area contributed by atoms with Gasteiger partial charge in [0, 0.05) is 35.1 Å². The van der Waals surface area contributed by atoms with Crippen LogP contribution in [-0.2, 0) is 5.41 Å². The maximum Gasteiger partial charge on any atom is 0.100 e. The molecule has 0 saturated carbocycles. The summed E-state index contributed by atoms with van der Waals surface area (Å²) >= 11 is 0. The molecule has 0 aliphatic carbocycles. The highest BCUT2D eigenvalue weighted by atomic mass is 15.1. The first-order chi connectivity index (χ1) is 15.4. The van der Waals surface area contributed by atoms with Gasteiger partial charge in [0.1, 0.15) is 6.07 Å². The summed E-state index contributed by atoms with van der Waals surface area (Å²) in [6.07, 6.45) is 6.27. The monoisotopic (exact) mass is 415 g/mol.